The van der Waals surface area contributed by atoms with E-state index in [2.05, 4.69) is 15.3 Å². The lowest BCUT2D eigenvalue weighted by atomic mass is 10.0. The van der Waals surface area contributed by atoms with Crippen LogP contribution < -0.4 is 11.1 Å². The first kappa shape index (κ1) is 19.3. The standard InChI is InChI=1S/C20H20N4O4/c21-20(28,14-3-7-17(26)8-4-14)19(27)22-10-9-15-11-24-18(12-23-15)13-1-5-16(25)6-2-13/h1-8,11-12,25-26,28H,9-10,21H2,(H,22,27). The van der Waals surface area contributed by atoms with Gasteiger partial charge in [-0.2, -0.15) is 0 Å². The molecule has 0 bridgehead atoms. The number of aromatic nitrogens is 2. The number of carbonyl (C=O) groups excluding carboxylic acids is 1. The molecule has 0 aliphatic rings. The summed E-state index contributed by atoms with van der Waals surface area (Å²) >= 11 is 0. The first-order chi connectivity index (χ1) is 13.4. The highest BCUT2D eigenvalue weighted by Crippen LogP contribution is 2.20. The summed E-state index contributed by atoms with van der Waals surface area (Å²) < 4.78 is 0. The molecular weight excluding hydrogens is 360 g/mol. The molecule has 8 nitrogen and oxygen atoms in total. The molecule has 1 unspecified atom stereocenters. The van der Waals surface area contributed by atoms with Crippen LogP contribution in [0.5, 0.6) is 11.5 Å². The second-order valence-corrected chi connectivity index (χ2v) is 6.26. The van der Waals surface area contributed by atoms with Gasteiger partial charge in [0, 0.05) is 30.3 Å². The van der Waals surface area contributed by atoms with Crippen molar-refractivity contribution in [2.45, 2.75) is 12.1 Å². The minimum absolute atomic E-state index is 0.00860. The summed E-state index contributed by atoms with van der Waals surface area (Å²) in [6, 6.07) is 12.1. The van der Waals surface area contributed by atoms with Gasteiger partial charge in [-0.05, 0) is 36.4 Å². The number of aromatic hydroxyl groups is 2. The maximum atomic E-state index is 12.2. The van der Waals surface area contributed by atoms with Crippen molar-refractivity contribution in [3.05, 3.63) is 72.2 Å². The Morgan fingerprint density at radius 3 is 2.14 bits per heavy atom. The first-order valence-electron chi connectivity index (χ1n) is 8.55. The number of phenols is 2. The van der Waals surface area contributed by atoms with Gasteiger partial charge in [0.05, 0.1) is 17.6 Å². The Labute approximate surface area is 161 Å². The minimum atomic E-state index is -2.21. The number of nitrogens with two attached hydrogens (primary N) is 1. The minimum Gasteiger partial charge on any atom is -0.508 e. The number of carbonyl (C=O) groups is 1. The molecule has 1 aromatic heterocycles. The van der Waals surface area contributed by atoms with E-state index >= 15 is 0 Å². The van der Waals surface area contributed by atoms with Crippen LogP contribution in [0.3, 0.4) is 0 Å². The zero-order valence-electron chi connectivity index (χ0n) is 14.9. The predicted octanol–water partition coefficient (Wildman–Crippen LogP) is 1.02. The largest absolute Gasteiger partial charge is 0.508 e. The number of rotatable bonds is 6. The molecule has 28 heavy (non-hydrogen) atoms. The van der Waals surface area contributed by atoms with Crippen LogP contribution in [0.4, 0.5) is 0 Å². The van der Waals surface area contributed by atoms with Crippen LogP contribution in [0.1, 0.15) is 11.3 Å². The van der Waals surface area contributed by atoms with Crippen molar-refractivity contribution in [2.75, 3.05) is 6.54 Å². The van der Waals surface area contributed by atoms with Gasteiger partial charge in [0.1, 0.15) is 11.5 Å². The predicted molar refractivity (Wildman–Crippen MR) is 102 cm³/mol. The maximum Gasteiger partial charge on any atom is 0.272 e. The Kier molecular flexibility index (Phi) is 5.53. The molecule has 8 heteroatoms. The van der Waals surface area contributed by atoms with E-state index in [4.69, 9.17) is 5.73 Å². The number of nitrogens with zero attached hydrogens (tertiary/aromatic N) is 2. The molecule has 1 heterocycles. The zero-order valence-corrected chi connectivity index (χ0v) is 14.9. The van der Waals surface area contributed by atoms with E-state index in [1.54, 1.807) is 36.7 Å². The molecule has 1 amide bonds. The van der Waals surface area contributed by atoms with Gasteiger partial charge in [-0.1, -0.05) is 12.1 Å². The Bertz CT molecular complexity index is 939. The number of amides is 1. The summed E-state index contributed by atoms with van der Waals surface area (Å²) in [6.07, 6.45) is 3.61. The van der Waals surface area contributed by atoms with Gasteiger partial charge in [-0.3, -0.25) is 20.5 Å². The quantitative estimate of drug-likeness (QED) is 0.402. The molecule has 0 fully saturated rings. The van der Waals surface area contributed by atoms with E-state index in [0.717, 1.165) is 5.56 Å². The van der Waals surface area contributed by atoms with Crippen molar-refractivity contribution in [3.8, 4) is 22.8 Å². The highest BCUT2D eigenvalue weighted by Gasteiger charge is 2.33. The third-order valence-corrected chi connectivity index (χ3v) is 4.19. The number of benzene rings is 2. The van der Waals surface area contributed by atoms with Crippen LogP contribution in [0, 0.1) is 0 Å². The van der Waals surface area contributed by atoms with Crippen molar-refractivity contribution in [3.63, 3.8) is 0 Å². The average molecular weight is 380 g/mol. The van der Waals surface area contributed by atoms with E-state index < -0.39 is 11.6 Å². The average Bonchev–Trinajstić information content (AvgIpc) is 2.69. The van der Waals surface area contributed by atoms with Crippen LogP contribution in [0.2, 0.25) is 0 Å². The molecule has 0 aliphatic carbocycles. The number of aliphatic hydroxyl groups is 1. The third-order valence-electron chi connectivity index (χ3n) is 4.19. The molecule has 0 spiro atoms. The van der Waals surface area contributed by atoms with Crippen molar-refractivity contribution in [1.29, 1.82) is 0 Å². The summed E-state index contributed by atoms with van der Waals surface area (Å²) in [5.74, 6) is -0.572. The Hall–Kier alpha value is -3.49. The van der Waals surface area contributed by atoms with Crippen molar-refractivity contribution in [2.24, 2.45) is 5.73 Å². The Morgan fingerprint density at radius 1 is 0.964 bits per heavy atom. The van der Waals surface area contributed by atoms with Crippen molar-refractivity contribution in [1.82, 2.24) is 15.3 Å². The topological polar surface area (TPSA) is 142 Å². The summed E-state index contributed by atoms with van der Waals surface area (Å²) in [5, 5.41) is 31.4. The summed E-state index contributed by atoms with van der Waals surface area (Å²) in [6.45, 7) is 0.212. The molecule has 6 N–H and O–H groups in total. The number of nitrogens with one attached hydrogen (secondary N) is 1. The molecule has 144 valence electrons. The van der Waals surface area contributed by atoms with Gasteiger partial charge in [0.2, 0.25) is 5.72 Å². The molecule has 0 saturated carbocycles. The Balaban J connectivity index is 1.56. The lowest BCUT2D eigenvalue weighted by Crippen LogP contribution is -2.51. The summed E-state index contributed by atoms with van der Waals surface area (Å²) in [4.78, 5) is 20.8. The molecular formula is C20H20N4O4. The second kappa shape index (κ2) is 8.03. The highest BCUT2D eigenvalue weighted by molar-refractivity contribution is 5.85. The van der Waals surface area contributed by atoms with Crippen LogP contribution >= 0.6 is 0 Å². The van der Waals surface area contributed by atoms with E-state index in [0.29, 0.717) is 17.8 Å². The maximum absolute atomic E-state index is 12.2. The monoisotopic (exact) mass is 380 g/mol. The van der Waals surface area contributed by atoms with Gasteiger partial charge in [0.15, 0.2) is 0 Å². The van der Waals surface area contributed by atoms with Gasteiger partial charge >= 0.3 is 0 Å². The lowest BCUT2D eigenvalue weighted by molar-refractivity contribution is -0.140. The van der Waals surface area contributed by atoms with Crippen molar-refractivity contribution < 1.29 is 20.1 Å². The van der Waals surface area contributed by atoms with E-state index in [1.165, 1.54) is 24.3 Å². The second-order valence-electron chi connectivity index (χ2n) is 6.26. The fourth-order valence-electron chi connectivity index (χ4n) is 2.55. The fourth-order valence-corrected chi connectivity index (χ4v) is 2.55. The molecule has 1 atom stereocenters. The lowest BCUT2D eigenvalue weighted by Gasteiger charge is -2.22. The first-order valence-corrected chi connectivity index (χ1v) is 8.55. The van der Waals surface area contributed by atoms with E-state index in [1.807, 2.05) is 0 Å². The SMILES string of the molecule is NC(O)(C(=O)NCCc1cnc(-c2ccc(O)cc2)cn1)c1ccc(O)cc1. The molecule has 0 saturated heterocycles. The van der Waals surface area contributed by atoms with Gasteiger partial charge in [-0.15, -0.1) is 0 Å². The number of hydrogen-bond acceptors (Lipinski definition) is 7. The van der Waals surface area contributed by atoms with Gasteiger partial charge in [0.25, 0.3) is 5.91 Å². The number of phenolic OH excluding ortho intramolecular Hbond substituents is 2. The van der Waals surface area contributed by atoms with E-state index in [9.17, 15) is 20.1 Å². The number of hydrogen-bond donors (Lipinski definition) is 5. The molecule has 2 aromatic carbocycles. The highest BCUT2D eigenvalue weighted by atomic mass is 16.3. The van der Waals surface area contributed by atoms with Crippen LogP contribution in [0.15, 0.2) is 60.9 Å². The fraction of sp³-hybridized carbons (Fsp3) is 0.150. The zero-order chi connectivity index (χ0) is 20.1. The third kappa shape index (κ3) is 4.43. The molecule has 0 aliphatic heterocycles. The molecule has 3 aromatic rings. The van der Waals surface area contributed by atoms with Gasteiger partial charge in [-0.25, -0.2) is 0 Å². The molecule has 3 rings (SSSR count). The van der Waals surface area contributed by atoms with Crippen LogP contribution in [-0.2, 0) is 16.9 Å². The smallest absolute Gasteiger partial charge is 0.272 e. The summed E-state index contributed by atoms with van der Waals surface area (Å²) in [5.41, 5.74) is 5.83. The molecule has 0 radical (unpaired) electrons. The van der Waals surface area contributed by atoms with Gasteiger partial charge < -0.3 is 20.6 Å². The van der Waals surface area contributed by atoms with Crippen LogP contribution in [-0.4, -0.2) is 37.7 Å². The normalized spacial score (nSPS) is 12.9. The summed E-state index contributed by atoms with van der Waals surface area (Å²) in [7, 11) is 0. The Morgan fingerprint density at radius 2 is 1.57 bits per heavy atom. The van der Waals surface area contributed by atoms with E-state index in [-0.39, 0.29) is 23.6 Å². The van der Waals surface area contributed by atoms with Crippen LogP contribution in [0.25, 0.3) is 11.3 Å². The van der Waals surface area contributed by atoms with Crippen molar-refractivity contribution >= 4 is 5.91 Å².